The summed E-state index contributed by atoms with van der Waals surface area (Å²) < 4.78 is 68.9. The fourth-order valence-electron chi connectivity index (χ4n) is 5.57. The van der Waals surface area contributed by atoms with Crippen LogP contribution in [-0.2, 0) is 16.8 Å². The maximum absolute atomic E-state index is 14.8. The molecule has 0 saturated carbocycles. The average molecular weight is 615 g/mol. The van der Waals surface area contributed by atoms with Crippen molar-refractivity contribution < 1.29 is 31.1 Å². The van der Waals surface area contributed by atoms with Gasteiger partial charge in [0.25, 0.3) is 5.91 Å². The van der Waals surface area contributed by atoms with Crippen LogP contribution in [0.2, 0.25) is 0 Å². The summed E-state index contributed by atoms with van der Waals surface area (Å²) in [5.74, 6) is -0.607. The number of halogens is 2. The number of amides is 1. The van der Waals surface area contributed by atoms with E-state index in [1.165, 1.54) is 50.5 Å². The third-order valence-electron chi connectivity index (χ3n) is 7.80. The van der Waals surface area contributed by atoms with Gasteiger partial charge < -0.3 is 19.0 Å². The van der Waals surface area contributed by atoms with Crippen LogP contribution < -0.4 is 14.4 Å². The molecule has 1 amide bonds. The zero-order chi connectivity index (χ0) is 30.9. The Morgan fingerprint density at radius 2 is 1.82 bits per heavy atom. The minimum Gasteiger partial charge on any atom is -0.470 e. The number of carbonyl (C=O) groups excluding carboxylic acids is 1. The number of fused-ring (bicyclic) bond motifs is 6. The second-order valence-electron chi connectivity index (χ2n) is 10.4. The molecule has 0 unspecified atom stereocenters. The molecule has 7 rings (SSSR count). The number of carbonyl (C=O) groups is 1. The standard InChI is InChI=1S/C32H24F2N4O5S/c1-35-32(39)28-21-14-20(24(37(2)44(3,40)41)15-27(21)43-31(28)17-7-9-19(33)10-8-17)23-11-12-26-29(36-23)25-13-18-5-4-6-22(34)30(18)38(25)16-42-26/h4-15H,16H2,1-3H3,(H,35,39). The number of ether oxygens (including phenoxy) is 1. The number of aromatic nitrogens is 2. The lowest BCUT2D eigenvalue weighted by molar-refractivity contribution is 0.0964. The predicted molar refractivity (Wildman–Crippen MR) is 163 cm³/mol. The Bertz CT molecular complexity index is 2260. The van der Waals surface area contributed by atoms with E-state index in [1.807, 2.05) is 6.07 Å². The van der Waals surface area contributed by atoms with E-state index in [9.17, 15) is 22.0 Å². The second-order valence-corrected chi connectivity index (χ2v) is 12.5. The van der Waals surface area contributed by atoms with Gasteiger partial charge in [0.1, 0.15) is 34.4 Å². The Morgan fingerprint density at radius 1 is 1.05 bits per heavy atom. The second kappa shape index (κ2) is 9.91. The van der Waals surface area contributed by atoms with Crippen molar-refractivity contribution in [3.63, 3.8) is 0 Å². The maximum atomic E-state index is 14.8. The smallest absolute Gasteiger partial charge is 0.255 e. The van der Waals surface area contributed by atoms with Gasteiger partial charge >= 0.3 is 0 Å². The molecule has 3 aromatic carbocycles. The lowest BCUT2D eigenvalue weighted by Gasteiger charge is -2.23. The van der Waals surface area contributed by atoms with Gasteiger partial charge in [-0.05, 0) is 54.6 Å². The summed E-state index contributed by atoms with van der Waals surface area (Å²) in [6.07, 6.45) is 1.07. The molecule has 9 nitrogen and oxygen atoms in total. The van der Waals surface area contributed by atoms with Crippen molar-refractivity contribution in [3.8, 4) is 39.7 Å². The van der Waals surface area contributed by atoms with Gasteiger partial charge in [-0.3, -0.25) is 9.10 Å². The number of hydrogen-bond acceptors (Lipinski definition) is 6. The quantitative estimate of drug-likeness (QED) is 0.249. The number of sulfonamides is 1. The van der Waals surface area contributed by atoms with E-state index in [-0.39, 0.29) is 29.3 Å². The fourth-order valence-corrected chi connectivity index (χ4v) is 6.08. The molecule has 0 aliphatic carbocycles. The van der Waals surface area contributed by atoms with E-state index in [0.717, 1.165) is 10.6 Å². The lowest BCUT2D eigenvalue weighted by Crippen LogP contribution is -2.25. The molecule has 6 aromatic rings. The van der Waals surface area contributed by atoms with Gasteiger partial charge in [-0.15, -0.1) is 0 Å². The van der Waals surface area contributed by atoms with Crippen molar-refractivity contribution in [2.75, 3.05) is 24.7 Å². The van der Waals surface area contributed by atoms with E-state index >= 15 is 0 Å². The van der Waals surface area contributed by atoms with Gasteiger partial charge in [0.05, 0.1) is 34.4 Å². The number of pyridine rings is 1. The molecule has 0 radical (unpaired) electrons. The number of hydrogen-bond donors (Lipinski definition) is 1. The monoisotopic (exact) mass is 614 g/mol. The van der Waals surface area contributed by atoms with Crippen LogP contribution in [0, 0.1) is 11.6 Å². The molecule has 1 aliphatic heterocycles. The fraction of sp³-hybridized carbons (Fsp3) is 0.125. The minimum atomic E-state index is -3.75. The van der Waals surface area contributed by atoms with Gasteiger partial charge in [-0.25, -0.2) is 22.2 Å². The van der Waals surface area contributed by atoms with Crippen LogP contribution in [0.25, 0.3) is 55.8 Å². The Balaban J connectivity index is 1.50. The first-order valence-corrected chi connectivity index (χ1v) is 15.3. The van der Waals surface area contributed by atoms with Crippen LogP contribution in [-0.4, -0.2) is 44.2 Å². The van der Waals surface area contributed by atoms with Gasteiger partial charge in [0, 0.05) is 42.1 Å². The van der Waals surface area contributed by atoms with E-state index in [1.54, 1.807) is 34.9 Å². The highest BCUT2D eigenvalue weighted by Crippen LogP contribution is 2.43. The van der Waals surface area contributed by atoms with Crippen molar-refractivity contribution >= 4 is 43.5 Å². The zero-order valence-electron chi connectivity index (χ0n) is 23.7. The van der Waals surface area contributed by atoms with E-state index in [2.05, 4.69) is 5.32 Å². The topological polar surface area (TPSA) is 107 Å². The summed E-state index contributed by atoms with van der Waals surface area (Å²) in [6.45, 7) is 0.0957. The average Bonchev–Trinajstić information content (AvgIpc) is 3.58. The van der Waals surface area contributed by atoms with Crippen LogP contribution in [0.3, 0.4) is 0 Å². The summed E-state index contributed by atoms with van der Waals surface area (Å²) in [5.41, 5.74) is 3.40. The molecule has 1 N–H and O–H groups in total. The molecule has 0 fully saturated rings. The Kier molecular flexibility index (Phi) is 6.22. The first-order chi connectivity index (χ1) is 21.0. The van der Waals surface area contributed by atoms with Crippen LogP contribution >= 0.6 is 0 Å². The Morgan fingerprint density at radius 3 is 2.55 bits per heavy atom. The van der Waals surface area contributed by atoms with Crippen LogP contribution in [0.4, 0.5) is 14.5 Å². The summed E-state index contributed by atoms with van der Waals surface area (Å²) >= 11 is 0. The highest BCUT2D eigenvalue weighted by molar-refractivity contribution is 7.92. The third-order valence-corrected chi connectivity index (χ3v) is 8.99. The number of nitrogens with zero attached hydrogens (tertiary/aromatic N) is 3. The molecule has 0 bridgehead atoms. The molecule has 222 valence electrons. The normalized spacial score (nSPS) is 12.6. The van der Waals surface area contributed by atoms with Crippen molar-refractivity contribution in [2.45, 2.75) is 6.73 Å². The third kappa shape index (κ3) is 4.29. The molecule has 1 aliphatic rings. The molecule has 12 heteroatoms. The molecular formula is C32H24F2N4O5S. The number of benzene rings is 3. The van der Waals surface area contributed by atoms with Crippen molar-refractivity contribution in [2.24, 2.45) is 0 Å². The molecule has 0 saturated heterocycles. The predicted octanol–water partition coefficient (Wildman–Crippen LogP) is 6.17. The number of para-hydroxylation sites is 1. The summed E-state index contributed by atoms with van der Waals surface area (Å²) in [6, 6.07) is 18.8. The maximum Gasteiger partial charge on any atom is 0.255 e. The highest BCUT2D eigenvalue weighted by atomic mass is 32.2. The van der Waals surface area contributed by atoms with Crippen LogP contribution in [0.5, 0.6) is 5.75 Å². The first kappa shape index (κ1) is 27.6. The summed E-state index contributed by atoms with van der Waals surface area (Å²) in [4.78, 5) is 18.1. The largest absolute Gasteiger partial charge is 0.470 e. The number of furan rings is 1. The Labute approximate surface area is 250 Å². The summed E-state index contributed by atoms with van der Waals surface area (Å²) in [5, 5.41) is 3.71. The number of rotatable bonds is 5. The van der Waals surface area contributed by atoms with E-state index in [4.69, 9.17) is 14.1 Å². The van der Waals surface area contributed by atoms with E-state index in [0.29, 0.717) is 50.2 Å². The van der Waals surface area contributed by atoms with E-state index < -0.39 is 27.6 Å². The lowest BCUT2D eigenvalue weighted by atomic mass is 10.0. The molecule has 4 heterocycles. The van der Waals surface area contributed by atoms with Crippen molar-refractivity contribution in [3.05, 3.63) is 90.0 Å². The molecule has 44 heavy (non-hydrogen) atoms. The van der Waals surface area contributed by atoms with Gasteiger partial charge in [-0.1, -0.05) is 12.1 Å². The highest BCUT2D eigenvalue weighted by Gasteiger charge is 2.28. The van der Waals surface area contributed by atoms with Crippen molar-refractivity contribution in [1.29, 1.82) is 0 Å². The SMILES string of the molecule is CNC(=O)c1c(-c2ccc(F)cc2)oc2cc(N(C)S(C)(=O)=O)c(-c3ccc4c(n3)-c3cc5cccc(F)c5n3CO4)cc12. The summed E-state index contributed by atoms with van der Waals surface area (Å²) in [7, 11) is -0.862. The molecular weight excluding hydrogens is 590 g/mol. The molecule has 3 aromatic heterocycles. The molecule has 0 atom stereocenters. The molecule has 0 spiro atoms. The first-order valence-electron chi connectivity index (χ1n) is 13.5. The number of nitrogens with one attached hydrogen (secondary N) is 1. The van der Waals surface area contributed by atoms with Crippen molar-refractivity contribution in [1.82, 2.24) is 14.9 Å². The zero-order valence-corrected chi connectivity index (χ0v) is 24.5. The van der Waals surface area contributed by atoms with Gasteiger partial charge in [0.15, 0.2) is 6.73 Å². The van der Waals surface area contributed by atoms with Crippen LogP contribution in [0.15, 0.2) is 77.2 Å². The number of anilines is 1. The van der Waals surface area contributed by atoms with Crippen LogP contribution in [0.1, 0.15) is 10.4 Å². The van der Waals surface area contributed by atoms with Gasteiger partial charge in [0.2, 0.25) is 10.0 Å². The minimum absolute atomic E-state index is 0.0957. The Hall–Kier alpha value is -5.23. The van der Waals surface area contributed by atoms with Gasteiger partial charge in [-0.2, -0.15) is 0 Å².